The van der Waals surface area contributed by atoms with Gasteiger partial charge < -0.3 is 0 Å². The van der Waals surface area contributed by atoms with Gasteiger partial charge in [0.1, 0.15) is 0 Å². The van der Waals surface area contributed by atoms with Crippen LogP contribution in [0.2, 0.25) is 0 Å². The lowest BCUT2D eigenvalue weighted by Crippen LogP contribution is -2.24. The Balaban J connectivity index is 1.32. The summed E-state index contributed by atoms with van der Waals surface area (Å²) in [6.07, 6.45) is 13.5. The lowest BCUT2D eigenvalue weighted by atomic mass is 9.80. The van der Waals surface area contributed by atoms with Crippen molar-refractivity contribution < 1.29 is 0 Å². The first-order chi connectivity index (χ1) is 17.6. The molecular weight excluding hydrogens is 436 g/mol. The van der Waals surface area contributed by atoms with Gasteiger partial charge in [0, 0.05) is 18.2 Å². The molecule has 2 unspecified atom stereocenters. The average molecular weight is 473 g/mol. The summed E-state index contributed by atoms with van der Waals surface area (Å²) in [6, 6.07) is 20.5. The number of rotatable bonds is 5. The third kappa shape index (κ3) is 4.53. The molecule has 0 radical (unpaired) electrons. The minimum atomic E-state index is 0.493. The van der Waals surface area contributed by atoms with Gasteiger partial charge in [0.25, 0.3) is 0 Å². The summed E-state index contributed by atoms with van der Waals surface area (Å²) in [4.78, 5) is 5.07. The Kier molecular flexibility index (Phi) is 6.26. The highest BCUT2D eigenvalue weighted by Gasteiger charge is 2.40. The Morgan fingerprint density at radius 1 is 0.944 bits per heavy atom. The van der Waals surface area contributed by atoms with Gasteiger partial charge in [0.05, 0.1) is 11.6 Å². The van der Waals surface area contributed by atoms with Gasteiger partial charge >= 0.3 is 0 Å². The second kappa shape index (κ2) is 9.70. The SMILES string of the molecule is CC(C)C=Cc1cc(C2CC2c2ccc3c(c2)C(C2CCCCC2)=NCC3)cc2ccc(C#N)cc12. The van der Waals surface area contributed by atoms with Gasteiger partial charge in [0.2, 0.25) is 0 Å². The molecule has 2 heteroatoms. The summed E-state index contributed by atoms with van der Waals surface area (Å²) in [6.45, 7) is 5.38. The molecule has 0 bridgehead atoms. The Morgan fingerprint density at radius 2 is 1.78 bits per heavy atom. The second-order valence-corrected chi connectivity index (χ2v) is 11.5. The summed E-state index contributed by atoms with van der Waals surface area (Å²) in [5.74, 6) is 2.31. The maximum absolute atomic E-state index is 9.43. The van der Waals surface area contributed by atoms with Crippen molar-refractivity contribution in [2.75, 3.05) is 6.54 Å². The van der Waals surface area contributed by atoms with Gasteiger partial charge in [-0.25, -0.2) is 0 Å². The largest absolute Gasteiger partial charge is 0.288 e. The quantitative estimate of drug-likeness (QED) is 0.366. The second-order valence-electron chi connectivity index (χ2n) is 11.5. The van der Waals surface area contributed by atoms with Crippen molar-refractivity contribution in [1.29, 1.82) is 5.26 Å². The van der Waals surface area contributed by atoms with Crippen LogP contribution >= 0.6 is 0 Å². The number of nitriles is 1. The zero-order valence-electron chi connectivity index (χ0n) is 21.6. The highest BCUT2D eigenvalue weighted by Crippen LogP contribution is 2.55. The highest BCUT2D eigenvalue weighted by molar-refractivity contribution is 6.04. The molecule has 0 amide bonds. The van der Waals surface area contributed by atoms with Crippen molar-refractivity contribution in [2.45, 2.75) is 70.6 Å². The van der Waals surface area contributed by atoms with E-state index < -0.39 is 0 Å². The molecule has 3 aromatic rings. The van der Waals surface area contributed by atoms with E-state index in [4.69, 9.17) is 4.99 Å². The summed E-state index contributed by atoms with van der Waals surface area (Å²) < 4.78 is 0. The van der Waals surface area contributed by atoms with E-state index in [1.165, 1.54) is 82.8 Å². The molecule has 2 atom stereocenters. The van der Waals surface area contributed by atoms with E-state index in [-0.39, 0.29) is 0 Å². The molecule has 6 rings (SSSR count). The van der Waals surface area contributed by atoms with Crippen LogP contribution in [-0.2, 0) is 6.42 Å². The van der Waals surface area contributed by atoms with Crippen molar-refractivity contribution in [1.82, 2.24) is 0 Å². The molecule has 2 nitrogen and oxygen atoms in total. The lowest BCUT2D eigenvalue weighted by Gasteiger charge is -2.27. The number of allylic oxidation sites excluding steroid dienone is 1. The Bertz CT molecular complexity index is 1390. The van der Waals surface area contributed by atoms with Crippen LogP contribution in [-0.4, -0.2) is 12.3 Å². The van der Waals surface area contributed by atoms with Gasteiger partial charge in [-0.15, -0.1) is 0 Å². The van der Waals surface area contributed by atoms with Crippen molar-refractivity contribution in [3.63, 3.8) is 0 Å². The third-order valence-electron chi connectivity index (χ3n) is 8.51. The van der Waals surface area contributed by atoms with Crippen LogP contribution < -0.4 is 0 Å². The molecule has 0 N–H and O–H groups in total. The van der Waals surface area contributed by atoms with E-state index >= 15 is 0 Å². The van der Waals surface area contributed by atoms with E-state index in [9.17, 15) is 5.26 Å². The van der Waals surface area contributed by atoms with Crippen molar-refractivity contribution >= 4 is 22.6 Å². The summed E-state index contributed by atoms with van der Waals surface area (Å²) in [7, 11) is 0. The first kappa shape index (κ1) is 23.2. The fourth-order valence-electron chi connectivity index (χ4n) is 6.45. The number of hydrogen-bond acceptors (Lipinski definition) is 2. The number of aliphatic imine (C=N–C) groups is 1. The van der Waals surface area contributed by atoms with Crippen LogP contribution in [0, 0.1) is 23.2 Å². The summed E-state index contributed by atoms with van der Waals surface area (Å²) in [5, 5.41) is 11.8. The molecule has 2 fully saturated rings. The highest BCUT2D eigenvalue weighted by atomic mass is 14.8. The topological polar surface area (TPSA) is 36.1 Å². The molecular formula is C34H36N2. The molecule has 1 heterocycles. The molecule has 0 saturated heterocycles. The standard InChI is InChI=1S/C34H36N2/c1-22(2)8-10-26-17-29(18-27-11-9-23(21-35)16-30(26)27)32-20-31(32)28-13-12-24-14-15-36-34(33(24)19-28)25-6-4-3-5-7-25/h8-13,16-19,22,25,31-32H,3-7,14-15,20H2,1-2H3. The zero-order valence-corrected chi connectivity index (χ0v) is 21.6. The van der Waals surface area contributed by atoms with Crippen LogP contribution in [0.1, 0.15) is 97.6 Å². The van der Waals surface area contributed by atoms with Crippen molar-refractivity contribution in [3.8, 4) is 6.07 Å². The molecule has 3 aromatic carbocycles. The normalized spacial score (nSPS) is 22.0. The summed E-state index contributed by atoms with van der Waals surface area (Å²) in [5.41, 5.74) is 9.25. The molecule has 2 saturated carbocycles. The van der Waals surface area contributed by atoms with E-state index in [1.54, 1.807) is 0 Å². The summed E-state index contributed by atoms with van der Waals surface area (Å²) >= 11 is 0. The molecule has 182 valence electrons. The smallest absolute Gasteiger partial charge is 0.0991 e. The predicted octanol–water partition coefficient (Wildman–Crippen LogP) is 8.58. The van der Waals surface area contributed by atoms with Gasteiger partial charge in [0.15, 0.2) is 0 Å². The van der Waals surface area contributed by atoms with Crippen molar-refractivity contribution in [3.05, 3.63) is 88.0 Å². The number of fused-ring (bicyclic) bond motifs is 2. The average Bonchev–Trinajstić information content (AvgIpc) is 3.72. The fourth-order valence-corrected chi connectivity index (χ4v) is 6.45. The maximum Gasteiger partial charge on any atom is 0.0991 e. The van der Waals surface area contributed by atoms with Crippen LogP contribution in [0.4, 0.5) is 0 Å². The molecule has 0 aromatic heterocycles. The minimum absolute atomic E-state index is 0.493. The lowest BCUT2D eigenvalue weighted by molar-refractivity contribution is 0.438. The molecule has 1 aliphatic heterocycles. The fraction of sp³-hybridized carbons (Fsp3) is 0.412. The van der Waals surface area contributed by atoms with E-state index in [2.05, 4.69) is 68.5 Å². The number of benzene rings is 3. The Labute approximate surface area is 215 Å². The van der Waals surface area contributed by atoms with E-state index in [0.717, 1.165) is 18.5 Å². The number of hydrogen-bond donors (Lipinski definition) is 0. The van der Waals surface area contributed by atoms with Crippen LogP contribution in [0.3, 0.4) is 0 Å². The predicted molar refractivity (Wildman–Crippen MR) is 151 cm³/mol. The van der Waals surface area contributed by atoms with Crippen LogP contribution in [0.25, 0.3) is 16.8 Å². The zero-order chi connectivity index (χ0) is 24.6. The van der Waals surface area contributed by atoms with Crippen molar-refractivity contribution in [2.24, 2.45) is 16.8 Å². The Hall–Kier alpha value is -3.18. The molecule has 36 heavy (non-hydrogen) atoms. The van der Waals surface area contributed by atoms with Gasteiger partial charge in [-0.2, -0.15) is 5.26 Å². The Morgan fingerprint density at radius 3 is 2.58 bits per heavy atom. The van der Waals surface area contributed by atoms with E-state index in [1.807, 2.05) is 12.1 Å². The molecule has 3 aliphatic rings. The minimum Gasteiger partial charge on any atom is -0.288 e. The monoisotopic (exact) mass is 472 g/mol. The van der Waals surface area contributed by atoms with Gasteiger partial charge in [-0.3, -0.25) is 4.99 Å². The first-order valence-corrected chi connectivity index (χ1v) is 13.9. The van der Waals surface area contributed by atoms with Crippen LogP contribution in [0.5, 0.6) is 0 Å². The van der Waals surface area contributed by atoms with E-state index in [0.29, 0.717) is 23.7 Å². The number of nitrogens with zero attached hydrogens (tertiary/aromatic N) is 2. The third-order valence-corrected chi connectivity index (χ3v) is 8.51. The molecule has 2 aliphatic carbocycles. The van der Waals surface area contributed by atoms with Crippen LogP contribution in [0.15, 0.2) is 59.6 Å². The van der Waals surface area contributed by atoms with Gasteiger partial charge in [-0.1, -0.05) is 75.6 Å². The molecule has 0 spiro atoms. The first-order valence-electron chi connectivity index (χ1n) is 13.9. The maximum atomic E-state index is 9.43. The van der Waals surface area contributed by atoms with Gasteiger partial charge in [-0.05, 0) is 100 Å².